The highest BCUT2D eigenvalue weighted by molar-refractivity contribution is 5.65. The van der Waals surface area contributed by atoms with Crippen molar-refractivity contribution in [3.05, 3.63) is 83.5 Å². The monoisotopic (exact) mass is 434 g/mol. The maximum Gasteiger partial charge on any atom is 0.131 e. The van der Waals surface area contributed by atoms with Crippen LogP contribution < -0.4 is 0 Å². The molecule has 0 nitrogen and oxygen atoms in total. The lowest BCUT2D eigenvalue weighted by atomic mass is 9.64. The Hall–Kier alpha value is -2.22. The van der Waals surface area contributed by atoms with Crippen LogP contribution in [0.5, 0.6) is 0 Å². The van der Waals surface area contributed by atoms with Gasteiger partial charge in [0.1, 0.15) is 11.6 Å². The lowest BCUT2D eigenvalue weighted by Gasteiger charge is -2.41. The minimum atomic E-state index is -0.340. The van der Waals surface area contributed by atoms with Gasteiger partial charge in [-0.2, -0.15) is 0 Å². The maximum absolute atomic E-state index is 15.1. The zero-order valence-electron chi connectivity index (χ0n) is 19.5. The number of hydrogen-bond acceptors (Lipinski definition) is 0. The third-order valence-electron chi connectivity index (χ3n) is 7.74. The van der Waals surface area contributed by atoms with E-state index >= 15 is 4.39 Å². The molecule has 0 N–H and O–H groups in total. The first-order valence-electron chi connectivity index (χ1n) is 12.4. The fourth-order valence-corrected chi connectivity index (χ4v) is 6.03. The molecule has 2 heteroatoms. The first-order chi connectivity index (χ1) is 15.6. The summed E-state index contributed by atoms with van der Waals surface area (Å²) in [4.78, 5) is 0. The van der Waals surface area contributed by atoms with Gasteiger partial charge in [-0.05, 0) is 112 Å². The van der Waals surface area contributed by atoms with Crippen molar-refractivity contribution in [2.45, 2.75) is 71.1 Å². The predicted octanol–water partition coefficient (Wildman–Crippen LogP) is 9.02. The highest BCUT2D eigenvalue weighted by Gasteiger charge is 2.35. The van der Waals surface area contributed by atoms with E-state index in [2.05, 4.69) is 25.2 Å². The molecule has 0 amide bonds. The molecule has 4 rings (SSSR count). The first kappa shape index (κ1) is 23.0. The summed E-state index contributed by atoms with van der Waals surface area (Å²) < 4.78 is 29.9. The number of fused-ring (bicyclic) bond motifs is 1. The molecule has 2 aromatic rings. The smallest absolute Gasteiger partial charge is 0.131 e. The predicted molar refractivity (Wildman–Crippen MR) is 131 cm³/mol. The molecule has 2 aliphatic carbocycles. The lowest BCUT2D eigenvalue weighted by molar-refractivity contribution is 0.133. The molecule has 0 bridgehead atoms. The van der Waals surface area contributed by atoms with Gasteiger partial charge in [-0.3, -0.25) is 0 Å². The van der Waals surface area contributed by atoms with Crippen LogP contribution in [0, 0.1) is 29.4 Å². The summed E-state index contributed by atoms with van der Waals surface area (Å²) in [5.74, 6) is 2.13. The molecule has 2 aromatic carbocycles. The van der Waals surface area contributed by atoms with Crippen LogP contribution >= 0.6 is 0 Å². The Kier molecular flexibility index (Phi) is 7.60. The molecule has 0 spiro atoms. The highest BCUT2D eigenvalue weighted by Crippen LogP contribution is 2.48. The summed E-state index contributed by atoms with van der Waals surface area (Å²) in [7, 11) is 0. The van der Waals surface area contributed by atoms with Crippen molar-refractivity contribution >= 4 is 0 Å². The van der Waals surface area contributed by atoms with Gasteiger partial charge in [-0.25, -0.2) is 8.78 Å². The standard InChI is InChI=1S/C30H36F2/c1-3-5-6-8-22-10-15-27(29(31)18-22)28-16-14-26(20-30(28)32)25-13-12-23-17-21(7-4-2)9-11-24(23)19-25/h3-5,7,10,14-16,18,20-21,23-25H,6,8-9,11-13,17,19H2,1-2H3/b5-3+,7-4+. The van der Waals surface area contributed by atoms with Crippen molar-refractivity contribution < 1.29 is 8.78 Å². The molecule has 0 saturated heterocycles. The molecular weight excluding hydrogens is 398 g/mol. The Labute approximate surface area is 192 Å². The molecule has 0 heterocycles. The highest BCUT2D eigenvalue weighted by atomic mass is 19.1. The van der Waals surface area contributed by atoms with E-state index in [-0.39, 0.29) is 11.6 Å². The average molecular weight is 435 g/mol. The van der Waals surface area contributed by atoms with E-state index in [4.69, 9.17) is 0 Å². The summed E-state index contributed by atoms with van der Waals surface area (Å²) in [5, 5.41) is 0. The van der Waals surface area contributed by atoms with Crippen LogP contribution in [-0.4, -0.2) is 0 Å². The van der Waals surface area contributed by atoms with Crippen molar-refractivity contribution in [3.8, 4) is 11.1 Å². The summed E-state index contributed by atoms with van der Waals surface area (Å²) >= 11 is 0. The van der Waals surface area contributed by atoms with E-state index in [1.165, 1.54) is 32.1 Å². The third kappa shape index (κ3) is 5.22. The normalized spacial score (nSPS) is 26.0. The fraction of sp³-hybridized carbons (Fsp3) is 0.467. The van der Waals surface area contributed by atoms with Crippen LogP contribution in [0.4, 0.5) is 8.78 Å². The second kappa shape index (κ2) is 10.6. The molecule has 0 aliphatic heterocycles. The summed E-state index contributed by atoms with van der Waals surface area (Å²) in [5.41, 5.74) is 2.76. The molecule has 2 saturated carbocycles. The Morgan fingerprint density at radius 3 is 2.25 bits per heavy atom. The van der Waals surface area contributed by atoms with Crippen LogP contribution in [0.2, 0.25) is 0 Å². The molecule has 2 fully saturated rings. The van der Waals surface area contributed by atoms with Crippen LogP contribution in [0.3, 0.4) is 0 Å². The maximum atomic E-state index is 15.1. The minimum absolute atomic E-state index is 0.304. The Balaban J connectivity index is 1.45. The molecule has 4 atom stereocenters. The molecule has 170 valence electrons. The van der Waals surface area contributed by atoms with E-state index in [1.54, 1.807) is 24.3 Å². The van der Waals surface area contributed by atoms with Crippen molar-refractivity contribution in [2.24, 2.45) is 17.8 Å². The van der Waals surface area contributed by atoms with Gasteiger partial charge >= 0.3 is 0 Å². The summed E-state index contributed by atoms with van der Waals surface area (Å²) in [6.07, 6.45) is 17.8. The SMILES string of the molecule is C/C=C/CCc1ccc(-c2ccc(C3CCC4CC(/C=C/C)CCC4C3)cc2F)c(F)c1. The van der Waals surface area contributed by atoms with Crippen LogP contribution in [0.25, 0.3) is 11.1 Å². The van der Waals surface area contributed by atoms with Crippen molar-refractivity contribution in [2.75, 3.05) is 0 Å². The molecule has 4 unspecified atom stereocenters. The van der Waals surface area contributed by atoms with Gasteiger partial charge in [-0.15, -0.1) is 0 Å². The van der Waals surface area contributed by atoms with Crippen LogP contribution in [0.1, 0.15) is 75.8 Å². The average Bonchev–Trinajstić information content (AvgIpc) is 2.80. The largest absolute Gasteiger partial charge is 0.206 e. The second-order valence-corrected chi connectivity index (χ2v) is 9.79. The quantitative estimate of drug-likeness (QED) is 0.398. The van der Waals surface area contributed by atoms with Gasteiger partial charge in [0, 0.05) is 11.1 Å². The van der Waals surface area contributed by atoms with Crippen molar-refractivity contribution in [1.82, 2.24) is 0 Å². The zero-order valence-corrected chi connectivity index (χ0v) is 19.5. The first-order valence-corrected chi connectivity index (χ1v) is 12.4. The Morgan fingerprint density at radius 2 is 1.53 bits per heavy atom. The topological polar surface area (TPSA) is 0 Å². The van der Waals surface area contributed by atoms with E-state index in [9.17, 15) is 4.39 Å². The van der Waals surface area contributed by atoms with E-state index in [0.717, 1.165) is 48.1 Å². The zero-order chi connectivity index (χ0) is 22.5. The fourth-order valence-electron chi connectivity index (χ4n) is 6.03. The van der Waals surface area contributed by atoms with Crippen molar-refractivity contribution in [3.63, 3.8) is 0 Å². The number of halogens is 2. The molecule has 0 radical (unpaired) electrons. The van der Waals surface area contributed by atoms with Gasteiger partial charge in [0.25, 0.3) is 0 Å². The van der Waals surface area contributed by atoms with Crippen LogP contribution in [-0.2, 0) is 6.42 Å². The van der Waals surface area contributed by atoms with E-state index in [1.807, 2.05) is 25.1 Å². The van der Waals surface area contributed by atoms with Gasteiger partial charge in [0.05, 0.1) is 0 Å². The summed E-state index contributed by atoms with van der Waals surface area (Å²) in [6.45, 7) is 4.10. The molecular formula is C30H36F2. The number of rotatable bonds is 6. The van der Waals surface area contributed by atoms with Gasteiger partial charge < -0.3 is 0 Å². The number of aryl methyl sites for hydroxylation is 1. The van der Waals surface area contributed by atoms with Gasteiger partial charge in [0.15, 0.2) is 0 Å². The third-order valence-corrected chi connectivity index (χ3v) is 7.74. The molecule has 0 aromatic heterocycles. The second-order valence-electron chi connectivity index (χ2n) is 9.79. The minimum Gasteiger partial charge on any atom is -0.206 e. The number of allylic oxidation sites excluding steroid dienone is 4. The Morgan fingerprint density at radius 1 is 0.812 bits per heavy atom. The van der Waals surface area contributed by atoms with Gasteiger partial charge in [0.2, 0.25) is 0 Å². The van der Waals surface area contributed by atoms with E-state index in [0.29, 0.717) is 17.0 Å². The lowest BCUT2D eigenvalue weighted by Crippen LogP contribution is -2.30. The van der Waals surface area contributed by atoms with Crippen LogP contribution in [0.15, 0.2) is 60.7 Å². The molecule has 32 heavy (non-hydrogen) atoms. The summed E-state index contributed by atoms with van der Waals surface area (Å²) in [6, 6.07) is 10.7. The van der Waals surface area contributed by atoms with Crippen molar-refractivity contribution in [1.29, 1.82) is 0 Å². The number of hydrogen-bond donors (Lipinski definition) is 0. The van der Waals surface area contributed by atoms with Gasteiger partial charge in [-0.1, -0.05) is 48.6 Å². The van der Waals surface area contributed by atoms with E-state index < -0.39 is 0 Å². The Bertz CT molecular complexity index is 971. The number of benzene rings is 2. The molecule has 2 aliphatic rings.